The fourth-order valence-electron chi connectivity index (χ4n) is 1.22. The fraction of sp³-hybridized carbons (Fsp3) is 0.273. The van der Waals surface area contributed by atoms with Gasteiger partial charge in [-0.3, -0.25) is 9.52 Å². The van der Waals surface area contributed by atoms with Crippen LogP contribution in [-0.4, -0.2) is 44.9 Å². The molecule has 0 spiro atoms. The number of carbonyl (C=O) groups is 2. The first-order valence-corrected chi connectivity index (χ1v) is 6.99. The van der Waals surface area contributed by atoms with E-state index in [1.807, 2.05) is 0 Å². The summed E-state index contributed by atoms with van der Waals surface area (Å²) < 4.78 is 34.5. The molecule has 0 fully saturated rings. The van der Waals surface area contributed by atoms with E-state index >= 15 is 0 Å². The molecular weight excluding hydrogens is 290 g/mol. The molecule has 0 radical (unpaired) electrons. The van der Waals surface area contributed by atoms with Crippen molar-refractivity contribution in [3.05, 3.63) is 24.3 Å². The van der Waals surface area contributed by atoms with E-state index in [2.05, 4.69) is 9.46 Å². The molecule has 0 amide bonds. The summed E-state index contributed by atoms with van der Waals surface area (Å²) >= 11 is 0. The number of esters is 1. The summed E-state index contributed by atoms with van der Waals surface area (Å²) in [5, 5.41) is 8.47. The molecule has 9 heteroatoms. The maximum atomic E-state index is 11.6. The average Bonchev–Trinajstić information content (AvgIpc) is 2.35. The summed E-state index contributed by atoms with van der Waals surface area (Å²) in [6.45, 7) is -0.543. The monoisotopic (exact) mass is 303 g/mol. The van der Waals surface area contributed by atoms with E-state index in [0.29, 0.717) is 0 Å². The Morgan fingerprint density at radius 2 is 2.05 bits per heavy atom. The van der Waals surface area contributed by atoms with Crippen LogP contribution in [0.4, 0.5) is 5.69 Å². The van der Waals surface area contributed by atoms with E-state index < -0.39 is 34.3 Å². The summed E-state index contributed by atoms with van der Waals surface area (Å²) in [5.74, 6) is -2.67. The number of nitrogens with one attached hydrogen (secondary N) is 1. The second-order valence-corrected chi connectivity index (χ2v) is 5.37. The minimum atomic E-state index is -3.89. The number of ether oxygens (including phenoxy) is 2. The van der Waals surface area contributed by atoms with E-state index in [9.17, 15) is 18.0 Å². The van der Waals surface area contributed by atoms with Crippen LogP contribution >= 0.6 is 0 Å². The quantitative estimate of drug-likeness (QED) is 0.684. The van der Waals surface area contributed by atoms with Gasteiger partial charge in [0.1, 0.15) is 5.75 Å². The zero-order valence-corrected chi connectivity index (χ0v) is 11.3. The van der Waals surface area contributed by atoms with Gasteiger partial charge >= 0.3 is 11.9 Å². The number of aliphatic carboxylic acids is 1. The highest BCUT2D eigenvalue weighted by atomic mass is 32.2. The van der Waals surface area contributed by atoms with Crippen molar-refractivity contribution in [1.29, 1.82) is 0 Å². The molecule has 0 atom stereocenters. The molecule has 20 heavy (non-hydrogen) atoms. The van der Waals surface area contributed by atoms with Crippen molar-refractivity contribution < 1.29 is 32.6 Å². The molecule has 0 unspecified atom stereocenters. The van der Waals surface area contributed by atoms with Gasteiger partial charge in [-0.05, 0) is 12.1 Å². The van der Waals surface area contributed by atoms with Gasteiger partial charge in [0, 0.05) is 6.07 Å². The number of sulfonamides is 1. The van der Waals surface area contributed by atoms with Crippen LogP contribution in [0.2, 0.25) is 0 Å². The molecule has 0 aliphatic heterocycles. The third kappa shape index (κ3) is 5.57. The Balaban J connectivity index is 2.75. The lowest BCUT2D eigenvalue weighted by Gasteiger charge is -2.09. The third-order valence-electron chi connectivity index (χ3n) is 2.01. The first kappa shape index (κ1) is 15.8. The normalized spacial score (nSPS) is 10.7. The molecule has 1 aromatic carbocycles. The van der Waals surface area contributed by atoms with Crippen LogP contribution < -0.4 is 9.46 Å². The van der Waals surface area contributed by atoms with Crippen LogP contribution in [0.15, 0.2) is 24.3 Å². The highest BCUT2D eigenvalue weighted by molar-refractivity contribution is 7.93. The molecule has 8 nitrogen and oxygen atoms in total. The molecule has 0 saturated heterocycles. The molecule has 0 heterocycles. The fourth-order valence-corrected chi connectivity index (χ4v) is 2.21. The number of anilines is 1. The second kappa shape index (κ2) is 6.75. The second-order valence-electron chi connectivity index (χ2n) is 3.65. The predicted molar refractivity (Wildman–Crippen MR) is 69.0 cm³/mol. The number of carbonyl (C=O) groups excluding carboxylic acids is 1. The van der Waals surface area contributed by atoms with Crippen LogP contribution in [0, 0.1) is 0 Å². The Morgan fingerprint density at radius 3 is 2.65 bits per heavy atom. The SMILES string of the molecule is COC(=O)CS(=O)(=O)Nc1cccc(OCC(=O)O)c1. The van der Waals surface area contributed by atoms with Gasteiger partial charge in [0.15, 0.2) is 12.4 Å². The Morgan fingerprint density at radius 1 is 1.35 bits per heavy atom. The van der Waals surface area contributed by atoms with Crippen LogP contribution in [0.3, 0.4) is 0 Å². The van der Waals surface area contributed by atoms with Crippen molar-refractivity contribution in [1.82, 2.24) is 0 Å². The van der Waals surface area contributed by atoms with Crippen LogP contribution in [0.1, 0.15) is 0 Å². The van der Waals surface area contributed by atoms with E-state index in [4.69, 9.17) is 9.84 Å². The molecule has 0 aliphatic rings. The number of hydrogen-bond acceptors (Lipinski definition) is 6. The Hall–Kier alpha value is -2.29. The van der Waals surface area contributed by atoms with Crippen molar-refractivity contribution in [2.45, 2.75) is 0 Å². The molecule has 110 valence electrons. The third-order valence-corrected chi connectivity index (χ3v) is 3.17. The van der Waals surface area contributed by atoms with Crippen molar-refractivity contribution >= 4 is 27.6 Å². The number of benzene rings is 1. The summed E-state index contributed by atoms with van der Waals surface area (Å²) in [7, 11) is -2.81. The Kier molecular flexibility index (Phi) is 5.32. The molecule has 1 aromatic rings. The average molecular weight is 303 g/mol. The number of carboxylic acids is 1. The zero-order chi connectivity index (χ0) is 15.2. The van der Waals surface area contributed by atoms with Gasteiger partial charge < -0.3 is 14.6 Å². The highest BCUT2D eigenvalue weighted by Crippen LogP contribution is 2.18. The maximum absolute atomic E-state index is 11.6. The van der Waals surface area contributed by atoms with Crippen molar-refractivity contribution in [3.8, 4) is 5.75 Å². The number of methoxy groups -OCH3 is 1. The first-order chi connectivity index (χ1) is 9.32. The first-order valence-electron chi connectivity index (χ1n) is 5.34. The van der Waals surface area contributed by atoms with E-state index in [-0.39, 0.29) is 11.4 Å². The van der Waals surface area contributed by atoms with E-state index in [1.54, 1.807) is 0 Å². The lowest BCUT2D eigenvalue weighted by atomic mass is 10.3. The summed E-state index contributed by atoms with van der Waals surface area (Å²) in [6, 6.07) is 5.69. The van der Waals surface area contributed by atoms with Crippen LogP contribution in [0.5, 0.6) is 5.75 Å². The van der Waals surface area contributed by atoms with Gasteiger partial charge in [0.05, 0.1) is 12.8 Å². The zero-order valence-electron chi connectivity index (χ0n) is 10.5. The van der Waals surface area contributed by atoms with E-state index in [0.717, 1.165) is 7.11 Å². The lowest BCUT2D eigenvalue weighted by molar-refractivity contribution is -0.139. The Bertz CT molecular complexity index is 597. The van der Waals surface area contributed by atoms with Crippen molar-refractivity contribution in [3.63, 3.8) is 0 Å². The predicted octanol–water partition coefficient (Wildman–Crippen LogP) is 0.0647. The minimum absolute atomic E-state index is 0.150. The van der Waals surface area contributed by atoms with Crippen molar-refractivity contribution in [2.75, 3.05) is 24.2 Å². The van der Waals surface area contributed by atoms with Crippen molar-refractivity contribution in [2.24, 2.45) is 0 Å². The molecule has 1 rings (SSSR count). The lowest BCUT2D eigenvalue weighted by Crippen LogP contribution is -2.23. The largest absolute Gasteiger partial charge is 0.482 e. The molecule has 0 bridgehead atoms. The van der Waals surface area contributed by atoms with Crippen LogP contribution in [0.25, 0.3) is 0 Å². The van der Waals surface area contributed by atoms with Gasteiger partial charge in [-0.2, -0.15) is 0 Å². The summed E-state index contributed by atoms with van der Waals surface area (Å²) in [6.07, 6.45) is 0. The standard InChI is InChI=1S/C11H13NO7S/c1-18-11(15)7-20(16,17)12-8-3-2-4-9(5-8)19-6-10(13)14/h2-5,12H,6-7H2,1H3,(H,13,14). The number of hydrogen-bond donors (Lipinski definition) is 2. The van der Waals surface area contributed by atoms with Gasteiger partial charge in [0.25, 0.3) is 0 Å². The maximum Gasteiger partial charge on any atom is 0.341 e. The number of rotatable bonds is 7. The topological polar surface area (TPSA) is 119 Å². The summed E-state index contributed by atoms with van der Waals surface area (Å²) in [4.78, 5) is 21.3. The van der Waals surface area contributed by atoms with Gasteiger partial charge in [0.2, 0.25) is 10.0 Å². The summed E-state index contributed by atoms with van der Waals surface area (Å²) in [5.41, 5.74) is 0.150. The molecule has 0 saturated carbocycles. The van der Waals surface area contributed by atoms with Gasteiger partial charge in [-0.15, -0.1) is 0 Å². The van der Waals surface area contributed by atoms with Gasteiger partial charge in [-0.25, -0.2) is 13.2 Å². The molecule has 0 aromatic heterocycles. The molecule has 2 N–H and O–H groups in total. The molecule has 0 aliphatic carbocycles. The van der Waals surface area contributed by atoms with Crippen LogP contribution in [-0.2, 0) is 24.3 Å². The van der Waals surface area contributed by atoms with E-state index in [1.165, 1.54) is 24.3 Å². The van der Waals surface area contributed by atoms with Gasteiger partial charge in [-0.1, -0.05) is 6.07 Å². The molecular formula is C11H13NO7S. The number of carboxylic acid groups (broad SMARTS) is 1. The minimum Gasteiger partial charge on any atom is -0.482 e. The smallest absolute Gasteiger partial charge is 0.341 e. The Labute approximate surface area is 115 Å². The highest BCUT2D eigenvalue weighted by Gasteiger charge is 2.17.